The molecular weight excluding hydrogens is 310 g/mol. The molecule has 1 saturated carbocycles. The van der Waals surface area contributed by atoms with Crippen molar-refractivity contribution in [3.05, 3.63) is 71.8 Å². The van der Waals surface area contributed by atoms with Gasteiger partial charge in [0.2, 0.25) is 0 Å². The van der Waals surface area contributed by atoms with Crippen LogP contribution in [0.3, 0.4) is 0 Å². The molecule has 3 heteroatoms. The SMILES string of the molecule is CC1(C(=O)OCc2ccccc2)CCCCC1NCc1ccccc1. The van der Waals surface area contributed by atoms with Gasteiger partial charge in [-0.1, -0.05) is 73.5 Å². The first kappa shape index (κ1) is 17.7. The van der Waals surface area contributed by atoms with Crippen LogP contribution in [0.25, 0.3) is 0 Å². The van der Waals surface area contributed by atoms with E-state index in [1.165, 1.54) is 5.56 Å². The predicted molar refractivity (Wildman–Crippen MR) is 99.9 cm³/mol. The second-order valence-electron chi connectivity index (χ2n) is 7.14. The number of esters is 1. The van der Waals surface area contributed by atoms with Crippen LogP contribution in [-0.4, -0.2) is 12.0 Å². The van der Waals surface area contributed by atoms with E-state index in [0.29, 0.717) is 6.61 Å². The van der Waals surface area contributed by atoms with Gasteiger partial charge < -0.3 is 10.1 Å². The van der Waals surface area contributed by atoms with E-state index in [1.807, 2.05) is 48.5 Å². The molecular formula is C22H27NO2. The molecule has 0 spiro atoms. The molecule has 0 aliphatic heterocycles. The Hall–Kier alpha value is -2.13. The smallest absolute Gasteiger partial charge is 0.313 e. The molecule has 0 amide bonds. The van der Waals surface area contributed by atoms with Crippen LogP contribution in [0, 0.1) is 5.41 Å². The van der Waals surface area contributed by atoms with Crippen LogP contribution < -0.4 is 5.32 Å². The van der Waals surface area contributed by atoms with Crippen molar-refractivity contribution in [2.45, 2.75) is 51.8 Å². The summed E-state index contributed by atoms with van der Waals surface area (Å²) in [5.41, 5.74) is 1.82. The third kappa shape index (κ3) is 4.49. The maximum atomic E-state index is 12.9. The number of carbonyl (C=O) groups is 1. The molecule has 0 radical (unpaired) electrons. The van der Waals surface area contributed by atoms with Gasteiger partial charge in [0.15, 0.2) is 0 Å². The number of ether oxygens (including phenoxy) is 1. The van der Waals surface area contributed by atoms with Gasteiger partial charge in [0.1, 0.15) is 6.61 Å². The van der Waals surface area contributed by atoms with Crippen LogP contribution in [0.4, 0.5) is 0 Å². The largest absolute Gasteiger partial charge is 0.460 e. The summed E-state index contributed by atoms with van der Waals surface area (Å²) in [5, 5.41) is 3.61. The van der Waals surface area contributed by atoms with Crippen molar-refractivity contribution in [2.24, 2.45) is 5.41 Å². The van der Waals surface area contributed by atoms with Crippen molar-refractivity contribution < 1.29 is 9.53 Å². The fourth-order valence-electron chi connectivity index (χ4n) is 3.63. The molecule has 1 fully saturated rings. The van der Waals surface area contributed by atoms with Gasteiger partial charge in [-0.25, -0.2) is 0 Å². The van der Waals surface area contributed by atoms with Crippen molar-refractivity contribution in [1.29, 1.82) is 0 Å². The van der Waals surface area contributed by atoms with Gasteiger partial charge in [-0.3, -0.25) is 4.79 Å². The monoisotopic (exact) mass is 337 g/mol. The molecule has 2 atom stereocenters. The molecule has 2 unspecified atom stereocenters. The van der Waals surface area contributed by atoms with Gasteiger partial charge in [-0.15, -0.1) is 0 Å². The lowest BCUT2D eigenvalue weighted by Gasteiger charge is -2.39. The van der Waals surface area contributed by atoms with Crippen LogP contribution in [0.1, 0.15) is 43.7 Å². The standard InChI is InChI=1S/C22H27NO2/c1-22(21(24)25-17-19-12-6-3-7-13-19)15-9-8-14-20(22)23-16-18-10-4-2-5-11-18/h2-7,10-13,20,23H,8-9,14-17H2,1H3. The molecule has 3 rings (SSSR count). The Morgan fingerprint density at radius 2 is 1.68 bits per heavy atom. The van der Waals surface area contributed by atoms with Crippen molar-refractivity contribution in [3.63, 3.8) is 0 Å². The topological polar surface area (TPSA) is 38.3 Å². The average molecular weight is 337 g/mol. The van der Waals surface area contributed by atoms with Crippen LogP contribution in [-0.2, 0) is 22.7 Å². The molecule has 0 heterocycles. The molecule has 0 aromatic heterocycles. The van der Waals surface area contributed by atoms with Crippen molar-refractivity contribution >= 4 is 5.97 Å². The van der Waals surface area contributed by atoms with E-state index >= 15 is 0 Å². The molecule has 3 nitrogen and oxygen atoms in total. The zero-order valence-electron chi connectivity index (χ0n) is 14.9. The fourth-order valence-corrected chi connectivity index (χ4v) is 3.63. The number of rotatable bonds is 6. The first-order valence-corrected chi connectivity index (χ1v) is 9.17. The predicted octanol–water partition coefficient (Wildman–Crippen LogP) is 4.47. The van der Waals surface area contributed by atoms with Crippen LogP contribution in [0.5, 0.6) is 0 Å². The van der Waals surface area contributed by atoms with E-state index in [-0.39, 0.29) is 12.0 Å². The fraction of sp³-hybridized carbons (Fsp3) is 0.409. The van der Waals surface area contributed by atoms with Crippen LogP contribution in [0.2, 0.25) is 0 Å². The second-order valence-corrected chi connectivity index (χ2v) is 7.14. The molecule has 1 aliphatic rings. The molecule has 2 aromatic rings. The summed E-state index contributed by atoms with van der Waals surface area (Å²) in [7, 11) is 0. The van der Waals surface area contributed by atoms with E-state index in [2.05, 4.69) is 24.4 Å². The number of carbonyl (C=O) groups excluding carboxylic acids is 1. The third-order valence-electron chi connectivity index (χ3n) is 5.28. The summed E-state index contributed by atoms with van der Waals surface area (Å²) in [4.78, 5) is 12.9. The summed E-state index contributed by atoms with van der Waals surface area (Å²) in [5.74, 6) is -0.0818. The van der Waals surface area contributed by atoms with Crippen LogP contribution >= 0.6 is 0 Å². The minimum atomic E-state index is -0.457. The highest BCUT2D eigenvalue weighted by atomic mass is 16.5. The highest BCUT2D eigenvalue weighted by molar-refractivity contribution is 5.77. The maximum absolute atomic E-state index is 12.9. The van der Waals surface area contributed by atoms with Gasteiger partial charge in [-0.2, -0.15) is 0 Å². The number of nitrogens with one attached hydrogen (secondary N) is 1. The highest BCUT2D eigenvalue weighted by Gasteiger charge is 2.44. The minimum absolute atomic E-state index is 0.0818. The first-order chi connectivity index (χ1) is 12.2. The molecule has 132 valence electrons. The Morgan fingerprint density at radius 3 is 2.36 bits per heavy atom. The van der Waals surface area contributed by atoms with Gasteiger partial charge in [-0.05, 0) is 30.9 Å². The first-order valence-electron chi connectivity index (χ1n) is 9.17. The Labute approximate surface area is 150 Å². The minimum Gasteiger partial charge on any atom is -0.460 e. The van der Waals surface area contributed by atoms with Gasteiger partial charge >= 0.3 is 5.97 Å². The summed E-state index contributed by atoms with van der Waals surface area (Å²) < 4.78 is 5.67. The van der Waals surface area contributed by atoms with Crippen molar-refractivity contribution in [2.75, 3.05) is 0 Å². The molecule has 1 N–H and O–H groups in total. The quantitative estimate of drug-likeness (QED) is 0.791. The summed E-state index contributed by atoms with van der Waals surface area (Å²) in [6, 6.07) is 20.4. The lowest BCUT2D eigenvalue weighted by Crippen LogP contribution is -2.50. The van der Waals surface area contributed by atoms with E-state index in [4.69, 9.17) is 4.74 Å². The molecule has 25 heavy (non-hydrogen) atoms. The number of benzene rings is 2. The van der Waals surface area contributed by atoms with E-state index in [9.17, 15) is 4.79 Å². The van der Waals surface area contributed by atoms with Crippen molar-refractivity contribution in [1.82, 2.24) is 5.32 Å². The summed E-state index contributed by atoms with van der Waals surface area (Å²) in [6.07, 6.45) is 4.14. The zero-order chi connectivity index (χ0) is 17.5. The molecule has 2 aromatic carbocycles. The number of hydrogen-bond acceptors (Lipinski definition) is 3. The molecule has 1 aliphatic carbocycles. The molecule has 0 saturated heterocycles. The van der Waals surface area contributed by atoms with Gasteiger partial charge in [0.25, 0.3) is 0 Å². The van der Waals surface area contributed by atoms with Gasteiger partial charge in [0.05, 0.1) is 5.41 Å². The van der Waals surface area contributed by atoms with Crippen molar-refractivity contribution in [3.8, 4) is 0 Å². The Bertz CT molecular complexity index is 671. The zero-order valence-corrected chi connectivity index (χ0v) is 14.9. The van der Waals surface area contributed by atoms with E-state index < -0.39 is 5.41 Å². The lowest BCUT2D eigenvalue weighted by atomic mass is 9.71. The Balaban J connectivity index is 1.62. The second kappa shape index (κ2) is 8.30. The maximum Gasteiger partial charge on any atom is 0.313 e. The van der Waals surface area contributed by atoms with Crippen LogP contribution in [0.15, 0.2) is 60.7 Å². The summed E-state index contributed by atoms with van der Waals surface area (Å²) in [6.45, 7) is 3.19. The average Bonchev–Trinajstić information content (AvgIpc) is 2.67. The van der Waals surface area contributed by atoms with E-state index in [1.54, 1.807) is 0 Å². The normalized spacial score (nSPS) is 23.2. The Kier molecular flexibility index (Phi) is 5.87. The third-order valence-corrected chi connectivity index (χ3v) is 5.28. The van der Waals surface area contributed by atoms with Gasteiger partial charge in [0, 0.05) is 12.6 Å². The van der Waals surface area contributed by atoms with E-state index in [0.717, 1.165) is 37.8 Å². The summed E-state index contributed by atoms with van der Waals surface area (Å²) >= 11 is 0. The number of hydrogen-bond donors (Lipinski definition) is 1. The Morgan fingerprint density at radius 1 is 1.04 bits per heavy atom. The molecule has 0 bridgehead atoms. The lowest BCUT2D eigenvalue weighted by molar-refractivity contribution is -0.160. The highest BCUT2D eigenvalue weighted by Crippen LogP contribution is 2.37.